The van der Waals surface area contributed by atoms with E-state index in [1.54, 1.807) is 6.07 Å². The fourth-order valence-electron chi connectivity index (χ4n) is 1.21. The number of benzene rings is 1. The molecule has 0 fully saturated rings. The molecule has 0 spiro atoms. The molecule has 4 nitrogen and oxygen atoms in total. The lowest BCUT2D eigenvalue weighted by Crippen LogP contribution is -2.08. The number of carbonyl (C=O) groups excluding carboxylic acids is 1. The highest BCUT2D eigenvalue weighted by Crippen LogP contribution is 2.29. The van der Waals surface area contributed by atoms with Gasteiger partial charge < -0.3 is 10.5 Å². The minimum absolute atomic E-state index is 0.0848. The fraction of sp³-hybridized carbons (Fsp3) is 0.200. The van der Waals surface area contributed by atoms with Crippen LogP contribution < -0.4 is 10.5 Å². The van der Waals surface area contributed by atoms with Crippen LogP contribution in [0.2, 0.25) is 0 Å². The molecule has 0 heterocycles. The molecule has 0 bridgehead atoms. The van der Waals surface area contributed by atoms with Gasteiger partial charge in [0.25, 0.3) is 0 Å². The normalized spacial score (nSPS) is 9.94. The summed E-state index contributed by atoms with van der Waals surface area (Å²) in [5, 5.41) is 8.78. The smallest absolute Gasteiger partial charge is 0.387 e. The zero-order valence-corrected chi connectivity index (χ0v) is 8.33. The standard InChI is InChI=1S/C10H8F2N2O2/c1-5(15)6-2-3-8(16-10(11)12)9(14)7(6)4-13/h2-3,10H,14H2,1H3. The molecule has 0 saturated heterocycles. The van der Waals surface area contributed by atoms with E-state index in [0.717, 1.165) is 6.07 Å². The third-order valence-electron chi connectivity index (χ3n) is 1.91. The van der Waals surface area contributed by atoms with Gasteiger partial charge in [-0.2, -0.15) is 14.0 Å². The van der Waals surface area contributed by atoms with Crippen molar-refractivity contribution < 1.29 is 18.3 Å². The summed E-state index contributed by atoms with van der Waals surface area (Å²) in [4.78, 5) is 11.1. The van der Waals surface area contributed by atoms with Crippen LogP contribution >= 0.6 is 0 Å². The zero-order valence-electron chi connectivity index (χ0n) is 8.33. The summed E-state index contributed by atoms with van der Waals surface area (Å²) in [7, 11) is 0. The molecule has 0 aromatic heterocycles. The minimum atomic E-state index is -3.03. The number of rotatable bonds is 3. The highest BCUT2D eigenvalue weighted by atomic mass is 19.3. The number of hydrogen-bond acceptors (Lipinski definition) is 4. The first-order valence-electron chi connectivity index (χ1n) is 4.25. The van der Waals surface area contributed by atoms with Gasteiger partial charge in [-0.15, -0.1) is 0 Å². The molecular formula is C10H8F2N2O2. The van der Waals surface area contributed by atoms with Crippen molar-refractivity contribution in [1.29, 1.82) is 5.26 Å². The Morgan fingerprint density at radius 2 is 2.19 bits per heavy atom. The van der Waals surface area contributed by atoms with Gasteiger partial charge in [0, 0.05) is 5.56 Å². The summed E-state index contributed by atoms with van der Waals surface area (Å²) >= 11 is 0. The van der Waals surface area contributed by atoms with E-state index in [4.69, 9.17) is 11.0 Å². The summed E-state index contributed by atoms with van der Waals surface area (Å²) in [6.45, 7) is -1.78. The molecule has 16 heavy (non-hydrogen) atoms. The quantitative estimate of drug-likeness (QED) is 0.631. The molecule has 6 heteroatoms. The number of Topliss-reactive ketones (excluding diaryl/α,β-unsaturated/α-hetero) is 1. The first kappa shape index (κ1) is 11.9. The van der Waals surface area contributed by atoms with Crippen LogP contribution in [0.25, 0.3) is 0 Å². The highest BCUT2D eigenvalue weighted by molar-refractivity contribution is 5.98. The Kier molecular flexibility index (Phi) is 3.40. The molecule has 84 valence electrons. The van der Waals surface area contributed by atoms with E-state index >= 15 is 0 Å². The number of nitrogens with zero attached hydrogens (tertiary/aromatic N) is 1. The van der Waals surface area contributed by atoms with Gasteiger partial charge in [-0.25, -0.2) is 0 Å². The van der Waals surface area contributed by atoms with Crippen LogP contribution in [-0.2, 0) is 0 Å². The van der Waals surface area contributed by atoms with Crippen molar-refractivity contribution in [2.24, 2.45) is 0 Å². The number of ketones is 1. The Labute approximate surface area is 90.2 Å². The third kappa shape index (κ3) is 2.25. The molecule has 0 amide bonds. The molecule has 0 saturated carbocycles. The lowest BCUT2D eigenvalue weighted by molar-refractivity contribution is -0.0493. The van der Waals surface area contributed by atoms with Crippen molar-refractivity contribution >= 4 is 11.5 Å². The van der Waals surface area contributed by atoms with E-state index in [1.165, 1.54) is 13.0 Å². The van der Waals surface area contributed by atoms with Crippen molar-refractivity contribution in [3.8, 4) is 11.8 Å². The Balaban J connectivity index is 3.30. The number of ether oxygens (including phenoxy) is 1. The lowest BCUT2D eigenvalue weighted by atomic mass is 10.0. The topological polar surface area (TPSA) is 76.1 Å². The monoisotopic (exact) mass is 226 g/mol. The molecule has 0 atom stereocenters. The second-order valence-electron chi connectivity index (χ2n) is 2.95. The lowest BCUT2D eigenvalue weighted by Gasteiger charge is -2.10. The number of anilines is 1. The minimum Gasteiger partial charge on any atom is -0.433 e. The van der Waals surface area contributed by atoms with Gasteiger partial charge in [0.15, 0.2) is 5.78 Å². The van der Waals surface area contributed by atoms with E-state index in [9.17, 15) is 13.6 Å². The summed E-state index contributed by atoms with van der Waals surface area (Å²) in [5.41, 5.74) is 5.13. The van der Waals surface area contributed by atoms with Gasteiger partial charge >= 0.3 is 6.61 Å². The van der Waals surface area contributed by atoms with Gasteiger partial charge in [-0.3, -0.25) is 4.79 Å². The molecule has 1 rings (SSSR count). The van der Waals surface area contributed by atoms with Gasteiger partial charge in [-0.1, -0.05) is 0 Å². The van der Waals surface area contributed by atoms with E-state index in [0.29, 0.717) is 0 Å². The number of halogens is 2. The summed E-state index contributed by atoms with van der Waals surface area (Å²) in [6, 6.07) is 4.06. The third-order valence-corrected chi connectivity index (χ3v) is 1.91. The van der Waals surface area contributed by atoms with Crippen molar-refractivity contribution in [3.05, 3.63) is 23.3 Å². The number of carbonyl (C=O) groups is 1. The van der Waals surface area contributed by atoms with E-state index in [-0.39, 0.29) is 28.3 Å². The first-order valence-corrected chi connectivity index (χ1v) is 4.25. The maximum absolute atomic E-state index is 12.0. The average Bonchev–Trinajstić information content (AvgIpc) is 2.19. The van der Waals surface area contributed by atoms with Gasteiger partial charge in [0.1, 0.15) is 11.8 Å². The predicted octanol–water partition coefficient (Wildman–Crippen LogP) is 1.94. The molecule has 0 radical (unpaired) electrons. The molecule has 1 aromatic carbocycles. The van der Waals surface area contributed by atoms with Crippen LogP contribution in [0, 0.1) is 11.3 Å². The Hall–Kier alpha value is -2.16. The van der Waals surface area contributed by atoms with E-state index < -0.39 is 6.61 Å². The number of nitriles is 1. The fourth-order valence-corrected chi connectivity index (χ4v) is 1.21. The molecule has 2 N–H and O–H groups in total. The summed E-state index contributed by atoms with van der Waals surface area (Å²) in [6.07, 6.45) is 0. The first-order chi connectivity index (χ1) is 7.47. The highest BCUT2D eigenvalue weighted by Gasteiger charge is 2.16. The van der Waals surface area contributed by atoms with Crippen molar-refractivity contribution in [1.82, 2.24) is 0 Å². The zero-order chi connectivity index (χ0) is 12.3. The number of nitrogens with two attached hydrogens (primary N) is 1. The second kappa shape index (κ2) is 4.57. The number of hydrogen-bond donors (Lipinski definition) is 1. The number of alkyl halides is 2. The molecule has 0 aliphatic heterocycles. The molecule has 0 unspecified atom stereocenters. The predicted molar refractivity (Wildman–Crippen MR) is 52.2 cm³/mol. The average molecular weight is 226 g/mol. The van der Waals surface area contributed by atoms with E-state index in [2.05, 4.69) is 4.74 Å². The largest absolute Gasteiger partial charge is 0.433 e. The second-order valence-corrected chi connectivity index (χ2v) is 2.95. The SMILES string of the molecule is CC(=O)c1ccc(OC(F)F)c(N)c1C#N. The molecule has 0 aliphatic rings. The number of nitrogen functional groups attached to an aromatic ring is 1. The van der Waals surface area contributed by atoms with Crippen molar-refractivity contribution in [2.75, 3.05) is 5.73 Å². The molecule has 0 aliphatic carbocycles. The van der Waals surface area contributed by atoms with Crippen LogP contribution in [0.5, 0.6) is 5.75 Å². The van der Waals surface area contributed by atoms with Gasteiger partial charge in [-0.05, 0) is 19.1 Å². The Morgan fingerprint density at radius 3 is 2.62 bits per heavy atom. The van der Waals surface area contributed by atoms with Crippen molar-refractivity contribution in [2.45, 2.75) is 13.5 Å². The summed E-state index contributed by atoms with van der Waals surface area (Å²) in [5.74, 6) is -0.677. The molecule has 1 aromatic rings. The maximum Gasteiger partial charge on any atom is 0.387 e. The van der Waals surface area contributed by atoms with Crippen LogP contribution in [0.1, 0.15) is 22.8 Å². The van der Waals surface area contributed by atoms with Crippen molar-refractivity contribution in [3.63, 3.8) is 0 Å². The summed E-state index contributed by atoms with van der Waals surface area (Å²) < 4.78 is 28.0. The van der Waals surface area contributed by atoms with Crippen LogP contribution in [-0.4, -0.2) is 12.4 Å². The Bertz CT molecular complexity index is 467. The van der Waals surface area contributed by atoms with Gasteiger partial charge in [0.2, 0.25) is 0 Å². The molecular weight excluding hydrogens is 218 g/mol. The maximum atomic E-state index is 12.0. The van der Waals surface area contributed by atoms with E-state index in [1.807, 2.05) is 0 Å². The van der Waals surface area contributed by atoms with Crippen LogP contribution in [0.3, 0.4) is 0 Å². The van der Waals surface area contributed by atoms with Gasteiger partial charge in [0.05, 0.1) is 11.3 Å². The van der Waals surface area contributed by atoms with Crippen LogP contribution in [0.15, 0.2) is 12.1 Å². The Morgan fingerprint density at radius 1 is 1.56 bits per heavy atom. The van der Waals surface area contributed by atoms with Crippen LogP contribution in [0.4, 0.5) is 14.5 Å².